The SMILES string of the molecule is Cc1nn(CC(=O)NCCCn2ccnc2)c(C)c1[N+](=O)[O-]. The molecule has 9 nitrogen and oxygen atoms in total. The van der Waals surface area contributed by atoms with Crippen molar-refractivity contribution >= 4 is 11.6 Å². The molecular formula is C13H18N6O3. The van der Waals surface area contributed by atoms with E-state index < -0.39 is 4.92 Å². The maximum atomic E-state index is 11.9. The van der Waals surface area contributed by atoms with Crippen LogP contribution in [0, 0.1) is 24.0 Å². The van der Waals surface area contributed by atoms with E-state index in [0.717, 1.165) is 13.0 Å². The van der Waals surface area contributed by atoms with E-state index in [4.69, 9.17) is 0 Å². The third-order valence-electron chi connectivity index (χ3n) is 3.29. The van der Waals surface area contributed by atoms with Gasteiger partial charge in [0.2, 0.25) is 5.91 Å². The van der Waals surface area contributed by atoms with E-state index in [0.29, 0.717) is 17.9 Å². The van der Waals surface area contributed by atoms with E-state index in [1.54, 1.807) is 26.4 Å². The van der Waals surface area contributed by atoms with Crippen LogP contribution in [0.5, 0.6) is 0 Å². The largest absolute Gasteiger partial charge is 0.354 e. The molecule has 22 heavy (non-hydrogen) atoms. The highest BCUT2D eigenvalue weighted by Crippen LogP contribution is 2.21. The number of aryl methyl sites for hydroxylation is 2. The first-order valence-electron chi connectivity index (χ1n) is 6.90. The summed E-state index contributed by atoms with van der Waals surface area (Å²) in [5.74, 6) is -0.217. The van der Waals surface area contributed by atoms with E-state index in [1.807, 2.05) is 10.8 Å². The summed E-state index contributed by atoms with van der Waals surface area (Å²) in [7, 11) is 0. The van der Waals surface area contributed by atoms with Gasteiger partial charge >= 0.3 is 5.69 Å². The Morgan fingerprint density at radius 2 is 2.23 bits per heavy atom. The standard InChI is InChI=1S/C13H18N6O3/c1-10-13(19(21)22)11(2)18(16-10)8-12(20)15-4-3-6-17-7-5-14-9-17/h5,7,9H,3-4,6,8H2,1-2H3,(H,15,20). The minimum Gasteiger partial charge on any atom is -0.354 e. The predicted octanol–water partition coefficient (Wildman–Crippen LogP) is 0.811. The molecule has 0 unspecified atom stereocenters. The lowest BCUT2D eigenvalue weighted by Gasteiger charge is -2.06. The van der Waals surface area contributed by atoms with Crippen molar-refractivity contribution < 1.29 is 9.72 Å². The fraction of sp³-hybridized carbons (Fsp3) is 0.462. The summed E-state index contributed by atoms with van der Waals surface area (Å²) in [4.78, 5) is 26.2. The second kappa shape index (κ2) is 6.83. The summed E-state index contributed by atoms with van der Waals surface area (Å²) >= 11 is 0. The molecule has 0 aliphatic carbocycles. The topological polar surface area (TPSA) is 108 Å². The highest BCUT2D eigenvalue weighted by molar-refractivity contribution is 5.75. The Kier molecular flexibility index (Phi) is 4.87. The Hall–Kier alpha value is -2.71. The Morgan fingerprint density at radius 3 is 2.82 bits per heavy atom. The lowest BCUT2D eigenvalue weighted by Crippen LogP contribution is -2.29. The van der Waals surface area contributed by atoms with E-state index in [-0.39, 0.29) is 18.1 Å². The molecule has 0 bridgehead atoms. The molecule has 2 heterocycles. The van der Waals surface area contributed by atoms with Crippen molar-refractivity contribution in [2.24, 2.45) is 0 Å². The lowest BCUT2D eigenvalue weighted by atomic mass is 10.3. The second-order valence-electron chi connectivity index (χ2n) is 4.94. The van der Waals surface area contributed by atoms with E-state index >= 15 is 0 Å². The first-order chi connectivity index (χ1) is 10.5. The van der Waals surface area contributed by atoms with Crippen LogP contribution in [-0.4, -0.2) is 36.7 Å². The summed E-state index contributed by atoms with van der Waals surface area (Å²) in [6, 6.07) is 0. The Labute approximate surface area is 127 Å². The maximum Gasteiger partial charge on any atom is 0.312 e. The highest BCUT2D eigenvalue weighted by Gasteiger charge is 2.22. The molecule has 1 N–H and O–H groups in total. The number of nitrogens with zero attached hydrogens (tertiary/aromatic N) is 5. The number of amides is 1. The quantitative estimate of drug-likeness (QED) is 0.462. The molecule has 0 saturated carbocycles. The number of carbonyl (C=O) groups is 1. The first kappa shape index (κ1) is 15.7. The van der Waals surface area contributed by atoms with Crippen molar-refractivity contribution in [3.05, 3.63) is 40.2 Å². The summed E-state index contributed by atoms with van der Waals surface area (Å²) in [6.07, 6.45) is 6.06. The van der Waals surface area contributed by atoms with Gasteiger partial charge in [0, 0.05) is 25.5 Å². The van der Waals surface area contributed by atoms with Gasteiger partial charge in [-0.3, -0.25) is 19.6 Å². The van der Waals surface area contributed by atoms with Crippen LogP contribution in [0.15, 0.2) is 18.7 Å². The van der Waals surface area contributed by atoms with Crippen LogP contribution >= 0.6 is 0 Å². The summed E-state index contributed by atoms with van der Waals surface area (Å²) in [5.41, 5.74) is 0.666. The molecule has 2 rings (SSSR count). The van der Waals surface area contributed by atoms with Gasteiger partial charge in [0.15, 0.2) is 0 Å². The molecule has 0 spiro atoms. The second-order valence-corrected chi connectivity index (χ2v) is 4.94. The van der Waals surface area contributed by atoms with Gasteiger partial charge in [-0.2, -0.15) is 5.10 Å². The molecule has 0 atom stereocenters. The molecule has 0 radical (unpaired) electrons. The van der Waals surface area contributed by atoms with Crippen LogP contribution in [0.2, 0.25) is 0 Å². The Balaban J connectivity index is 1.82. The molecule has 9 heteroatoms. The van der Waals surface area contributed by atoms with Crippen molar-refractivity contribution in [1.82, 2.24) is 24.6 Å². The number of aromatic nitrogens is 4. The van der Waals surface area contributed by atoms with Gasteiger partial charge in [0.25, 0.3) is 0 Å². The zero-order valence-electron chi connectivity index (χ0n) is 12.5. The zero-order valence-corrected chi connectivity index (χ0v) is 12.5. The number of rotatable bonds is 7. The van der Waals surface area contributed by atoms with Crippen LogP contribution in [0.1, 0.15) is 17.8 Å². The molecule has 0 aliphatic rings. The number of hydrogen-bond donors (Lipinski definition) is 1. The van der Waals surface area contributed by atoms with Crippen molar-refractivity contribution in [1.29, 1.82) is 0 Å². The number of nitro groups is 1. The molecular weight excluding hydrogens is 288 g/mol. The predicted molar refractivity (Wildman–Crippen MR) is 78.2 cm³/mol. The van der Waals surface area contributed by atoms with E-state index in [1.165, 1.54) is 4.68 Å². The number of nitrogens with one attached hydrogen (secondary N) is 1. The zero-order chi connectivity index (χ0) is 16.1. The molecule has 118 valence electrons. The average molecular weight is 306 g/mol. The van der Waals surface area contributed by atoms with Gasteiger partial charge in [-0.25, -0.2) is 4.98 Å². The van der Waals surface area contributed by atoms with Crippen LogP contribution in [-0.2, 0) is 17.9 Å². The van der Waals surface area contributed by atoms with Crippen molar-refractivity contribution in [3.63, 3.8) is 0 Å². The first-order valence-corrected chi connectivity index (χ1v) is 6.90. The molecule has 0 aromatic carbocycles. The fourth-order valence-corrected chi connectivity index (χ4v) is 2.21. The van der Waals surface area contributed by atoms with Gasteiger partial charge in [-0.1, -0.05) is 0 Å². The summed E-state index contributed by atoms with van der Waals surface area (Å²) < 4.78 is 3.29. The summed E-state index contributed by atoms with van der Waals surface area (Å²) in [5, 5.41) is 17.7. The summed E-state index contributed by atoms with van der Waals surface area (Å²) in [6.45, 7) is 4.42. The molecule has 1 amide bonds. The maximum absolute atomic E-state index is 11.9. The van der Waals surface area contributed by atoms with Crippen LogP contribution in [0.4, 0.5) is 5.69 Å². The number of imidazole rings is 1. The van der Waals surface area contributed by atoms with Crippen molar-refractivity contribution in [2.75, 3.05) is 6.54 Å². The van der Waals surface area contributed by atoms with Crippen LogP contribution in [0.25, 0.3) is 0 Å². The molecule has 0 aliphatic heterocycles. The Bertz CT molecular complexity index is 662. The van der Waals surface area contributed by atoms with Gasteiger partial charge in [-0.15, -0.1) is 0 Å². The molecule has 2 aromatic heterocycles. The monoisotopic (exact) mass is 306 g/mol. The average Bonchev–Trinajstić information content (AvgIpc) is 3.04. The number of hydrogen-bond acceptors (Lipinski definition) is 5. The molecule has 0 fully saturated rings. The van der Waals surface area contributed by atoms with Gasteiger partial charge in [0.05, 0.1) is 11.3 Å². The fourth-order valence-electron chi connectivity index (χ4n) is 2.21. The van der Waals surface area contributed by atoms with Crippen molar-refractivity contribution in [2.45, 2.75) is 33.4 Å². The van der Waals surface area contributed by atoms with E-state index in [9.17, 15) is 14.9 Å². The third-order valence-corrected chi connectivity index (χ3v) is 3.29. The third kappa shape index (κ3) is 3.68. The van der Waals surface area contributed by atoms with Gasteiger partial charge < -0.3 is 9.88 Å². The molecule has 0 saturated heterocycles. The smallest absolute Gasteiger partial charge is 0.312 e. The number of carbonyl (C=O) groups excluding carboxylic acids is 1. The highest BCUT2D eigenvalue weighted by atomic mass is 16.6. The lowest BCUT2D eigenvalue weighted by molar-refractivity contribution is -0.386. The van der Waals surface area contributed by atoms with Gasteiger partial charge in [-0.05, 0) is 20.3 Å². The van der Waals surface area contributed by atoms with E-state index in [2.05, 4.69) is 15.4 Å². The normalized spacial score (nSPS) is 10.6. The van der Waals surface area contributed by atoms with Crippen molar-refractivity contribution in [3.8, 4) is 0 Å². The minimum absolute atomic E-state index is 0.0222. The Morgan fingerprint density at radius 1 is 1.45 bits per heavy atom. The van der Waals surface area contributed by atoms with Gasteiger partial charge in [0.1, 0.15) is 17.9 Å². The van der Waals surface area contributed by atoms with Crippen LogP contribution in [0.3, 0.4) is 0 Å². The molecule has 2 aromatic rings. The minimum atomic E-state index is -0.475. The van der Waals surface area contributed by atoms with Crippen LogP contribution < -0.4 is 5.32 Å².